The zero-order chi connectivity index (χ0) is 26.9. The zero-order valence-electron chi connectivity index (χ0n) is 20.8. The molecule has 0 spiro atoms. The number of nitrogens with two attached hydrogens (primary N) is 1. The van der Waals surface area contributed by atoms with Crippen LogP contribution in [0.5, 0.6) is 5.75 Å². The van der Waals surface area contributed by atoms with Crippen molar-refractivity contribution in [2.45, 2.75) is 77.7 Å². The molecule has 0 heterocycles. The maximum Gasteiger partial charge on any atom is 0.326 e. The predicted molar refractivity (Wildman–Crippen MR) is 129 cm³/mol. The summed E-state index contributed by atoms with van der Waals surface area (Å²) >= 11 is 0. The molecule has 35 heavy (non-hydrogen) atoms. The molecular formula is C24H38N4O7. The predicted octanol–water partition coefficient (Wildman–Crippen LogP) is -0.116. The van der Waals surface area contributed by atoms with Crippen LogP contribution in [0.3, 0.4) is 0 Å². The van der Waals surface area contributed by atoms with Gasteiger partial charge in [-0.3, -0.25) is 14.4 Å². The highest BCUT2D eigenvalue weighted by atomic mass is 16.4. The van der Waals surface area contributed by atoms with Gasteiger partial charge in [0.1, 0.15) is 29.9 Å². The van der Waals surface area contributed by atoms with Crippen LogP contribution in [-0.4, -0.2) is 69.3 Å². The van der Waals surface area contributed by atoms with Crippen LogP contribution in [0.25, 0.3) is 0 Å². The van der Waals surface area contributed by atoms with Crippen molar-refractivity contribution in [3.63, 3.8) is 0 Å². The maximum absolute atomic E-state index is 13.2. The second-order valence-corrected chi connectivity index (χ2v) is 9.14. The van der Waals surface area contributed by atoms with E-state index in [9.17, 15) is 34.5 Å². The Hall–Kier alpha value is -3.18. The number of phenolic OH excluding ortho intramolecular Hbond substituents is 1. The number of carboxylic acids is 1. The molecule has 0 aliphatic heterocycles. The molecule has 0 aliphatic rings. The molecule has 8 N–H and O–H groups in total. The molecule has 6 atom stereocenters. The monoisotopic (exact) mass is 494 g/mol. The van der Waals surface area contributed by atoms with Gasteiger partial charge in [0.2, 0.25) is 17.7 Å². The lowest BCUT2D eigenvalue weighted by Crippen LogP contribution is -2.60. The second kappa shape index (κ2) is 13.6. The Bertz CT molecular complexity index is 873. The highest BCUT2D eigenvalue weighted by Crippen LogP contribution is 2.13. The number of nitrogens with one attached hydrogen (secondary N) is 3. The van der Waals surface area contributed by atoms with E-state index < -0.39 is 59.9 Å². The number of carboxylic acid groups (broad SMARTS) is 1. The Morgan fingerprint density at radius 3 is 1.89 bits per heavy atom. The first kappa shape index (κ1) is 29.9. The minimum absolute atomic E-state index is 0.0153. The number of aliphatic hydroxyl groups is 1. The van der Waals surface area contributed by atoms with E-state index in [1.54, 1.807) is 32.9 Å². The van der Waals surface area contributed by atoms with Crippen molar-refractivity contribution in [1.82, 2.24) is 16.0 Å². The number of aliphatic hydroxyl groups excluding tert-OH is 1. The highest BCUT2D eigenvalue weighted by Gasteiger charge is 2.33. The van der Waals surface area contributed by atoms with Crippen LogP contribution < -0.4 is 21.7 Å². The van der Waals surface area contributed by atoms with E-state index in [0.717, 1.165) is 0 Å². The molecule has 11 nitrogen and oxygen atoms in total. The summed E-state index contributed by atoms with van der Waals surface area (Å²) in [6.45, 7) is 8.25. The molecule has 0 saturated carbocycles. The van der Waals surface area contributed by atoms with Crippen molar-refractivity contribution >= 4 is 23.7 Å². The molecule has 0 bridgehead atoms. The SMILES string of the molecule is CCC(C)C(NC(=O)C(NC(=O)C(Cc1ccc(O)cc1)NC(=O)C(N)C(C)O)C(C)C)C(=O)O. The largest absolute Gasteiger partial charge is 0.508 e. The molecule has 1 aromatic rings. The van der Waals surface area contributed by atoms with Crippen LogP contribution in [0.1, 0.15) is 46.6 Å². The summed E-state index contributed by atoms with van der Waals surface area (Å²) in [4.78, 5) is 50.2. The number of rotatable bonds is 13. The van der Waals surface area contributed by atoms with Gasteiger partial charge in [0.25, 0.3) is 0 Å². The normalized spacial score (nSPS) is 16.3. The molecule has 0 saturated heterocycles. The van der Waals surface area contributed by atoms with Crippen molar-refractivity contribution < 1.29 is 34.5 Å². The molecular weight excluding hydrogens is 456 g/mol. The molecule has 0 radical (unpaired) electrons. The van der Waals surface area contributed by atoms with Gasteiger partial charge >= 0.3 is 5.97 Å². The number of aliphatic carboxylic acids is 1. The van der Waals surface area contributed by atoms with Crippen LogP contribution in [0, 0.1) is 11.8 Å². The first-order valence-corrected chi connectivity index (χ1v) is 11.6. The summed E-state index contributed by atoms with van der Waals surface area (Å²) in [5, 5.41) is 36.3. The van der Waals surface area contributed by atoms with E-state index in [1.807, 2.05) is 6.92 Å². The first-order chi connectivity index (χ1) is 16.3. The van der Waals surface area contributed by atoms with Gasteiger partial charge in [0.15, 0.2) is 0 Å². The lowest BCUT2D eigenvalue weighted by Gasteiger charge is -2.28. The number of amides is 3. The first-order valence-electron chi connectivity index (χ1n) is 11.6. The van der Waals surface area contributed by atoms with E-state index >= 15 is 0 Å². The Morgan fingerprint density at radius 1 is 0.886 bits per heavy atom. The summed E-state index contributed by atoms with van der Waals surface area (Å²) < 4.78 is 0. The van der Waals surface area contributed by atoms with Gasteiger partial charge in [-0.05, 0) is 36.5 Å². The molecule has 0 aliphatic carbocycles. The fourth-order valence-electron chi connectivity index (χ4n) is 3.28. The number of hydrogen-bond acceptors (Lipinski definition) is 7. The molecule has 0 fully saturated rings. The van der Waals surface area contributed by atoms with Crippen LogP contribution >= 0.6 is 0 Å². The average Bonchev–Trinajstić information content (AvgIpc) is 2.79. The smallest absolute Gasteiger partial charge is 0.326 e. The third kappa shape index (κ3) is 9.18. The Kier molecular flexibility index (Phi) is 11.6. The second-order valence-electron chi connectivity index (χ2n) is 9.14. The van der Waals surface area contributed by atoms with E-state index in [1.165, 1.54) is 19.1 Å². The zero-order valence-corrected chi connectivity index (χ0v) is 20.8. The third-order valence-corrected chi connectivity index (χ3v) is 5.86. The molecule has 3 amide bonds. The van der Waals surface area contributed by atoms with Gasteiger partial charge in [-0.25, -0.2) is 4.79 Å². The van der Waals surface area contributed by atoms with Gasteiger partial charge < -0.3 is 37.0 Å². The van der Waals surface area contributed by atoms with Crippen molar-refractivity contribution in [2.24, 2.45) is 17.6 Å². The van der Waals surface area contributed by atoms with E-state index in [2.05, 4.69) is 16.0 Å². The standard InChI is InChI=1S/C24H38N4O7/c1-6-13(4)20(24(34)35)28-23(33)19(12(2)3)27-21(31)17(26-22(32)18(25)14(5)29)11-15-7-9-16(30)10-8-15/h7-10,12-14,17-20,29-30H,6,11,25H2,1-5H3,(H,26,32)(H,27,31)(H,28,33)(H,34,35). The maximum atomic E-state index is 13.2. The summed E-state index contributed by atoms with van der Waals surface area (Å²) in [5.41, 5.74) is 6.31. The topological polar surface area (TPSA) is 191 Å². The fraction of sp³-hybridized carbons (Fsp3) is 0.583. The highest BCUT2D eigenvalue weighted by molar-refractivity contribution is 5.94. The van der Waals surface area contributed by atoms with E-state index in [0.29, 0.717) is 12.0 Å². The Morgan fingerprint density at radius 2 is 1.43 bits per heavy atom. The fourth-order valence-corrected chi connectivity index (χ4v) is 3.28. The lowest BCUT2D eigenvalue weighted by molar-refractivity contribution is -0.144. The molecule has 11 heteroatoms. The van der Waals surface area contributed by atoms with Crippen molar-refractivity contribution in [3.8, 4) is 5.75 Å². The summed E-state index contributed by atoms with van der Waals surface area (Å²) in [6.07, 6.45) is -0.614. The molecule has 1 aromatic carbocycles. The van der Waals surface area contributed by atoms with Crippen molar-refractivity contribution in [1.29, 1.82) is 0 Å². The summed E-state index contributed by atoms with van der Waals surface area (Å²) in [5.74, 6) is -3.97. The Balaban J connectivity index is 3.13. The summed E-state index contributed by atoms with van der Waals surface area (Å²) in [7, 11) is 0. The van der Waals surface area contributed by atoms with Crippen LogP contribution in [0.2, 0.25) is 0 Å². The van der Waals surface area contributed by atoms with E-state index in [4.69, 9.17) is 5.73 Å². The number of benzene rings is 1. The number of carbonyl (C=O) groups excluding carboxylic acids is 3. The average molecular weight is 495 g/mol. The summed E-state index contributed by atoms with van der Waals surface area (Å²) in [6, 6.07) is 1.38. The van der Waals surface area contributed by atoms with Crippen molar-refractivity contribution in [2.75, 3.05) is 0 Å². The number of phenols is 1. The number of hydrogen-bond donors (Lipinski definition) is 7. The molecule has 196 valence electrons. The molecule has 1 rings (SSSR count). The van der Waals surface area contributed by atoms with Crippen LogP contribution in [-0.2, 0) is 25.6 Å². The van der Waals surface area contributed by atoms with Crippen molar-refractivity contribution in [3.05, 3.63) is 29.8 Å². The quantitative estimate of drug-likeness (QED) is 0.197. The minimum Gasteiger partial charge on any atom is -0.508 e. The minimum atomic E-state index is -1.28. The van der Waals surface area contributed by atoms with E-state index in [-0.39, 0.29) is 18.1 Å². The number of aromatic hydroxyl groups is 1. The van der Waals surface area contributed by atoms with Gasteiger partial charge in [-0.15, -0.1) is 0 Å². The van der Waals surface area contributed by atoms with Gasteiger partial charge in [-0.1, -0.05) is 46.2 Å². The van der Waals surface area contributed by atoms with Gasteiger partial charge in [0.05, 0.1) is 6.10 Å². The van der Waals surface area contributed by atoms with Crippen LogP contribution in [0.4, 0.5) is 0 Å². The molecule has 0 aromatic heterocycles. The molecule has 6 unspecified atom stereocenters. The van der Waals surface area contributed by atoms with Gasteiger partial charge in [-0.2, -0.15) is 0 Å². The number of carbonyl (C=O) groups is 4. The Labute approximate surface area is 205 Å². The lowest BCUT2D eigenvalue weighted by atomic mass is 9.97. The van der Waals surface area contributed by atoms with Crippen LogP contribution in [0.15, 0.2) is 24.3 Å². The third-order valence-electron chi connectivity index (χ3n) is 5.86. The van der Waals surface area contributed by atoms with Gasteiger partial charge in [0, 0.05) is 6.42 Å².